The Hall–Kier alpha value is -2.11. The number of pyridine rings is 1. The van der Waals surface area contributed by atoms with Crippen LogP contribution in [0.15, 0.2) is 18.3 Å². The average molecular weight is 263 g/mol. The molecule has 0 bridgehead atoms. The molecule has 0 saturated carbocycles. The Morgan fingerprint density at radius 3 is 2.58 bits per heavy atom. The van der Waals surface area contributed by atoms with Gasteiger partial charge in [0, 0.05) is 24.7 Å². The fourth-order valence-electron chi connectivity index (χ4n) is 2.20. The highest BCUT2D eigenvalue weighted by molar-refractivity contribution is 5.88. The van der Waals surface area contributed by atoms with Gasteiger partial charge < -0.3 is 15.7 Å². The second kappa shape index (κ2) is 4.87. The Morgan fingerprint density at radius 1 is 1.42 bits per heavy atom. The van der Waals surface area contributed by atoms with Crippen LogP contribution in [0.25, 0.3) is 0 Å². The number of hydrogen-bond donors (Lipinski definition) is 2. The third-order valence-corrected chi connectivity index (χ3v) is 3.78. The van der Waals surface area contributed by atoms with E-state index in [4.69, 9.17) is 10.8 Å². The summed E-state index contributed by atoms with van der Waals surface area (Å²) in [7, 11) is 0. The minimum atomic E-state index is -0.970. The van der Waals surface area contributed by atoms with E-state index in [-0.39, 0.29) is 11.5 Å². The highest BCUT2D eigenvalue weighted by Gasteiger charge is 2.35. The lowest BCUT2D eigenvalue weighted by Crippen LogP contribution is -2.45. The lowest BCUT2D eigenvalue weighted by atomic mass is 9.80. The van der Waals surface area contributed by atoms with E-state index in [2.05, 4.69) is 4.98 Å². The minimum Gasteiger partial charge on any atom is -0.478 e. The first kappa shape index (κ1) is 13.3. The molecule has 3 N–H and O–H groups in total. The van der Waals surface area contributed by atoms with Crippen molar-refractivity contribution in [1.29, 1.82) is 0 Å². The summed E-state index contributed by atoms with van der Waals surface area (Å²) in [5, 5.41) is 8.96. The fraction of sp³-hybridized carbons (Fsp3) is 0.462. The van der Waals surface area contributed by atoms with Crippen LogP contribution in [0.5, 0.6) is 0 Å². The van der Waals surface area contributed by atoms with Crippen LogP contribution < -0.4 is 10.6 Å². The quantitative estimate of drug-likeness (QED) is 0.843. The zero-order valence-corrected chi connectivity index (χ0v) is 10.8. The number of aromatic carboxylic acids is 1. The van der Waals surface area contributed by atoms with Crippen molar-refractivity contribution in [2.24, 2.45) is 11.1 Å². The number of carbonyl (C=O) groups is 2. The zero-order chi connectivity index (χ0) is 14.0. The first-order chi connectivity index (χ1) is 8.92. The second-order valence-electron chi connectivity index (χ2n) is 5.12. The monoisotopic (exact) mass is 263 g/mol. The van der Waals surface area contributed by atoms with E-state index in [1.165, 1.54) is 12.3 Å². The number of carbonyl (C=O) groups excluding carboxylic acids is 1. The predicted molar refractivity (Wildman–Crippen MR) is 69.9 cm³/mol. The highest BCUT2D eigenvalue weighted by atomic mass is 16.4. The van der Waals surface area contributed by atoms with E-state index in [1.54, 1.807) is 6.07 Å². The molecule has 1 aliphatic heterocycles. The molecule has 0 unspecified atom stereocenters. The van der Waals surface area contributed by atoms with E-state index < -0.39 is 11.4 Å². The Balaban J connectivity index is 2.12. The molecule has 1 saturated heterocycles. The molecule has 0 atom stereocenters. The van der Waals surface area contributed by atoms with Crippen molar-refractivity contribution in [3.63, 3.8) is 0 Å². The van der Waals surface area contributed by atoms with Gasteiger partial charge in [-0.1, -0.05) is 6.92 Å². The van der Waals surface area contributed by atoms with Gasteiger partial charge in [0.25, 0.3) is 0 Å². The number of rotatable bonds is 3. The van der Waals surface area contributed by atoms with E-state index >= 15 is 0 Å². The normalized spacial score (nSPS) is 18.1. The summed E-state index contributed by atoms with van der Waals surface area (Å²) in [6.07, 6.45) is 2.79. The number of nitrogens with zero attached hydrogens (tertiary/aromatic N) is 2. The number of primary amides is 1. The van der Waals surface area contributed by atoms with Gasteiger partial charge in [0.15, 0.2) is 0 Å². The molecular formula is C13H17N3O3. The summed E-state index contributed by atoms with van der Waals surface area (Å²) >= 11 is 0. The molecule has 0 spiro atoms. The lowest BCUT2D eigenvalue weighted by molar-refractivity contribution is -0.127. The maximum atomic E-state index is 11.4. The molecule has 19 heavy (non-hydrogen) atoms. The Morgan fingerprint density at radius 2 is 2.05 bits per heavy atom. The first-order valence-corrected chi connectivity index (χ1v) is 6.16. The van der Waals surface area contributed by atoms with Crippen LogP contribution in [0.4, 0.5) is 5.82 Å². The number of amides is 1. The summed E-state index contributed by atoms with van der Waals surface area (Å²) in [6, 6.07) is 3.01. The topological polar surface area (TPSA) is 96.5 Å². The van der Waals surface area contributed by atoms with Crippen LogP contribution >= 0.6 is 0 Å². The maximum Gasteiger partial charge on any atom is 0.335 e. The summed E-state index contributed by atoms with van der Waals surface area (Å²) in [5.74, 6) is -0.617. The van der Waals surface area contributed by atoms with Crippen molar-refractivity contribution in [3.05, 3.63) is 23.9 Å². The lowest BCUT2D eigenvalue weighted by Gasteiger charge is -2.37. The van der Waals surface area contributed by atoms with Crippen LogP contribution in [0.2, 0.25) is 0 Å². The molecule has 0 aromatic carbocycles. The van der Waals surface area contributed by atoms with Crippen LogP contribution in [-0.2, 0) is 4.79 Å². The number of nitrogens with two attached hydrogens (primary N) is 1. The molecule has 0 radical (unpaired) electrons. The van der Waals surface area contributed by atoms with Gasteiger partial charge in [-0.3, -0.25) is 4.79 Å². The summed E-state index contributed by atoms with van der Waals surface area (Å²) in [5.41, 5.74) is 5.14. The van der Waals surface area contributed by atoms with Crippen molar-refractivity contribution >= 4 is 17.7 Å². The Labute approximate surface area is 111 Å². The molecular weight excluding hydrogens is 246 g/mol. The molecule has 6 nitrogen and oxygen atoms in total. The van der Waals surface area contributed by atoms with Crippen LogP contribution in [0.3, 0.4) is 0 Å². The van der Waals surface area contributed by atoms with Gasteiger partial charge in [0.05, 0.1) is 5.56 Å². The molecule has 1 aromatic heterocycles. The number of carboxylic acids is 1. The average Bonchev–Trinajstić information content (AvgIpc) is 2.39. The maximum absolute atomic E-state index is 11.4. The predicted octanol–water partition coefficient (Wildman–Crippen LogP) is 0.872. The Bertz CT molecular complexity index is 508. The molecule has 1 fully saturated rings. The third-order valence-electron chi connectivity index (χ3n) is 3.78. The summed E-state index contributed by atoms with van der Waals surface area (Å²) in [4.78, 5) is 28.5. The summed E-state index contributed by atoms with van der Waals surface area (Å²) in [6.45, 7) is 3.17. The molecule has 0 aliphatic carbocycles. The highest BCUT2D eigenvalue weighted by Crippen LogP contribution is 2.32. The van der Waals surface area contributed by atoms with Crippen LogP contribution in [0.1, 0.15) is 30.1 Å². The van der Waals surface area contributed by atoms with Crippen molar-refractivity contribution in [3.8, 4) is 0 Å². The molecule has 1 aromatic rings. The van der Waals surface area contributed by atoms with Gasteiger partial charge in [0.1, 0.15) is 5.82 Å². The van der Waals surface area contributed by atoms with Gasteiger partial charge >= 0.3 is 5.97 Å². The van der Waals surface area contributed by atoms with Gasteiger partial charge in [-0.15, -0.1) is 0 Å². The minimum absolute atomic E-state index is 0.216. The third kappa shape index (κ3) is 2.67. The number of piperidine rings is 1. The smallest absolute Gasteiger partial charge is 0.335 e. The van der Waals surface area contributed by atoms with Crippen molar-refractivity contribution in [2.45, 2.75) is 19.8 Å². The van der Waals surface area contributed by atoms with E-state index in [0.29, 0.717) is 31.7 Å². The first-order valence-electron chi connectivity index (χ1n) is 6.16. The molecule has 6 heteroatoms. The number of hydrogen-bond acceptors (Lipinski definition) is 4. The van der Waals surface area contributed by atoms with Gasteiger partial charge in [-0.25, -0.2) is 9.78 Å². The second-order valence-corrected chi connectivity index (χ2v) is 5.12. The van der Waals surface area contributed by atoms with Crippen molar-refractivity contribution in [1.82, 2.24) is 4.98 Å². The van der Waals surface area contributed by atoms with Gasteiger partial charge in [0.2, 0.25) is 5.91 Å². The van der Waals surface area contributed by atoms with E-state index in [0.717, 1.165) is 0 Å². The van der Waals surface area contributed by atoms with Gasteiger partial charge in [-0.05, 0) is 25.0 Å². The molecule has 102 valence electrons. The summed E-state index contributed by atoms with van der Waals surface area (Å²) < 4.78 is 0. The van der Waals surface area contributed by atoms with E-state index in [1.807, 2.05) is 11.8 Å². The zero-order valence-electron chi connectivity index (χ0n) is 10.8. The number of carboxylic acid groups (broad SMARTS) is 1. The standard InChI is InChI=1S/C13H17N3O3/c1-13(12(14)19)3-6-16(7-4-13)10-8-9(11(17)18)2-5-15-10/h2,5,8H,3-4,6-7H2,1H3,(H2,14,19)(H,17,18). The SMILES string of the molecule is CC1(C(N)=O)CCN(c2cc(C(=O)O)ccn2)CC1. The van der Waals surface area contributed by atoms with E-state index in [9.17, 15) is 9.59 Å². The van der Waals surface area contributed by atoms with Crippen molar-refractivity contribution < 1.29 is 14.7 Å². The van der Waals surface area contributed by atoms with Crippen LogP contribution in [-0.4, -0.2) is 35.1 Å². The molecule has 1 aliphatic rings. The van der Waals surface area contributed by atoms with Crippen LogP contribution in [0, 0.1) is 5.41 Å². The van der Waals surface area contributed by atoms with Crippen molar-refractivity contribution in [2.75, 3.05) is 18.0 Å². The largest absolute Gasteiger partial charge is 0.478 e. The Kier molecular flexibility index (Phi) is 3.42. The number of anilines is 1. The fourth-order valence-corrected chi connectivity index (χ4v) is 2.20. The molecule has 2 heterocycles. The molecule has 2 rings (SSSR count). The van der Waals surface area contributed by atoms with Gasteiger partial charge in [-0.2, -0.15) is 0 Å². The number of aromatic nitrogens is 1. The molecule has 1 amide bonds.